The summed E-state index contributed by atoms with van der Waals surface area (Å²) in [6, 6.07) is 7.01. The van der Waals surface area contributed by atoms with Crippen LogP contribution in [0.25, 0.3) is 11.0 Å². The van der Waals surface area contributed by atoms with Crippen molar-refractivity contribution in [2.75, 3.05) is 5.73 Å². The van der Waals surface area contributed by atoms with Gasteiger partial charge in [-0.25, -0.2) is 4.98 Å². The van der Waals surface area contributed by atoms with E-state index >= 15 is 0 Å². The maximum absolute atomic E-state index is 6.21. The Balaban J connectivity index is 1.92. The van der Waals surface area contributed by atoms with Crippen LogP contribution in [0, 0.1) is 18.8 Å². The number of nitrogens with two attached hydrogens (primary N) is 1. The largest absolute Gasteiger partial charge is 0.369 e. The number of hydrogen-bond donors (Lipinski definition) is 1. The highest BCUT2D eigenvalue weighted by molar-refractivity contribution is 5.81. The van der Waals surface area contributed by atoms with E-state index in [0.717, 1.165) is 17.4 Å². The third-order valence-corrected chi connectivity index (χ3v) is 4.46. The Hall–Kier alpha value is -1.51. The first-order valence-electron chi connectivity index (χ1n) is 6.98. The molecule has 0 atom stereocenters. The van der Waals surface area contributed by atoms with Gasteiger partial charge in [-0.05, 0) is 56.1 Å². The minimum absolute atomic E-state index is 0.608. The highest BCUT2D eigenvalue weighted by Gasteiger charge is 2.43. The van der Waals surface area contributed by atoms with Crippen LogP contribution in [0.2, 0.25) is 0 Å². The smallest absolute Gasteiger partial charge is 0.201 e. The lowest BCUT2D eigenvalue weighted by Gasteiger charge is -2.20. The fourth-order valence-corrected chi connectivity index (χ4v) is 3.27. The molecule has 0 radical (unpaired) electrons. The predicted molar refractivity (Wildman–Crippen MR) is 73.4 cm³/mol. The van der Waals surface area contributed by atoms with Crippen LogP contribution in [0.3, 0.4) is 0 Å². The fourth-order valence-electron chi connectivity index (χ4n) is 3.27. The minimum atomic E-state index is 0.608. The number of hydrogen-bond acceptors (Lipinski definition) is 2. The average Bonchev–Trinajstić information content (AvgIpc) is 3.23. The lowest BCUT2D eigenvalue weighted by atomic mass is 10.1. The number of nitrogen functional groups attached to an aromatic ring is 1. The lowest BCUT2D eigenvalue weighted by Crippen LogP contribution is -2.15. The van der Waals surface area contributed by atoms with Crippen molar-refractivity contribution >= 4 is 17.0 Å². The Labute approximate surface area is 107 Å². The first kappa shape index (κ1) is 10.4. The van der Waals surface area contributed by atoms with Crippen LogP contribution in [-0.4, -0.2) is 9.55 Å². The molecule has 94 valence electrons. The molecule has 0 aliphatic heterocycles. The first-order chi connectivity index (χ1) is 8.75. The number of para-hydroxylation sites is 1. The van der Waals surface area contributed by atoms with Gasteiger partial charge in [-0.15, -0.1) is 0 Å². The second-order valence-corrected chi connectivity index (χ2v) is 5.95. The van der Waals surface area contributed by atoms with E-state index in [1.807, 2.05) is 0 Å². The number of aromatic nitrogens is 2. The quantitative estimate of drug-likeness (QED) is 0.896. The number of aryl methyl sites for hydroxylation is 1. The molecule has 4 rings (SSSR count). The number of benzene rings is 1. The van der Waals surface area contributed by atoms with E-state index in [4.69, 9.17) is 5.73 Å². The normalized spacial score (nSPS) is 19.9. The van der Waals surface area contributed by atoms with Crippen LogP contribution in [0.4, 0.5) is 5.95 Å². The molecule has 2 saturated carbocycles. The van der Waals surface area contributed by atoms with Gasteiger partial charge in [0.05, 0.1) is 11.0 Å². The van der Waals surface area contributed by atoms with Crippen molar-refractivity contribution in [3.05, 3.63) is 23.8 Å². The van der Waals surface area contributed by atoms with Gasteiger partial charge in [0.1, 0.15) is 0 Å². The van der Waals surface area contributed by atoms with Crippen LogP contribution in [0.1, 0.15) is 37.3 Å². The summed E-state index contributed by atoms with van der Waals surface area (Å²) >= 11 is 0. The highest BCUT2D eigenvalue weighted by Crippen LogP contribution is 2.53. The maximum atomic E-state index is 6.21. The molecule has 2 aliphatic carbocycles. The van der Waals surface area contributed by atoms with Crippen molar-refractivity contribution < 1.29 is 0 Å². The summed E-state index contributed by atoms with van der Waals surface area (Å²) in [5.41, 5.74) is 9.75. The van der Waals surface area contributed by atoms with Gasteiger partial charge in [0.2, 0.25) is 5.95 Å². The molecule has 0 amide bonds. The first-order valence-corrected chi connectivity index (χ1v) is 6.98. The number of anilines is 1. The van der Waals surface area contributed by atoms with Gasteiger partial charge in [-0.1, -0.05) is 12.1 Å². The van der Waals surface area contributed by atoms with E-state index in [-0.39, 0.29) is 0 Å². The zero-order valence-electron chi connectivity index (χ0n) is 10.8. The lowest BCUT2D eigenvalue weighted by molar-refractivity contribution is 0.409. The van der Waals surface area contributed by atoms with Crippen molar-refractivity contribution in [1.29, 1.82) is 0 Å². The Morgan fingerprint density at radius 2 is 1.89 bits per heavy atom. The van der Waals surface area contributed by atoms with Crippen LogP contribution < -0.4 is 5.73 Å². The summed E-state index contributed by atoms with van der Waals surface area (Å²) in [6.45, 7) is 2.11. The van der Waals surface area contributed by atoms with Crippen LogP contribution in [0.5, 0.6) is 0 Å². The van der Waals surface area contributed by atoms with E-state index in [1.165, 1.54) is 36.8 Å². The third-order valence-electron chi connectivity index (χ3n) is 4.46. The SMILES string of the molecule is Cc1cccc2c1nc(N)n2C(C1CC1)C1CC1. The van der Waals surface area contributed by atoms with Gasteiger partial charge in [-0.3, -0.25) is 0 Å². The van der Waals surface area contributed by atoms with E-state index in [2.05, 4.69) is 34.7 Å². The molecule has 1 aromatic carbocycles. The van der Waals surface area contributed by atoms with Gasteiger partial charge in [0, 0.05) is 6.04 Å². The molecule has 2 fully saturated rings. The van der Waals surface area contributed by atoms with Gasteiger partial charge < -0.3 is 10.3 Å². The van der Waals surface area contributed by atoms with E-state index in [9.17, 15) is 0 Å². The summed E-state index contributed by atoms with van der Waals surface area (Å²) in [6.07, 6.45) is 5.47. The van der Waals surface area contributed by atoms with Gasteiger partial charge in [-0.2, -0.15) is 0 Å². The molecule has 1 aromatic heterocycles. The van der Waals surface area contributed by atoms with Crippen molar-refractivity contribution in [1.82, 2.24) is 9.55 Å². The van der Waals surface area contributed by atoms with Crippen molar-refractivity contribution in [3.63, 3.8) is 0 Å². The zero-order valence-corrected chi connectivity index (χ0v) is 10.8. The Kier molecular flexibility index (Phi) is 2.02. The number of imidazole rings is 1. The summed E-state index contributed by atoms with van der Waals surface area (Å²) in [4.78, 5) is 4.59. The molecule has 3 nitrogen and oxygen atoms in total. The van der Waals surface area contributed by atoms with Gasteiger partial charge in [0.15, 0.2) is 0 Å². The zero-order chi connectivity index (χ0) is 12.3. The summed E-state index contributed by atoms with van der Waals surface area (Å²) in [5, 5.41) is 0. The Bertz CT molecular complexity index is 593. The predicted octanol–water partition coefficient (Wildman–Crippen LogP) is 3.29. The molecule has 18 heavy (non-hydrogen) atoms. The number of fused-ring (bicyclic) bond motifs is 1. The van der Waals surface area contributed by atoms with Crippen LogP contribution in [0.15, 0.2) is 18.2 Å². The van der Waals surface area contributed by atoms with Crippen LogP contribution >= 0.6 is 0 Å². The molecule has 2 aliphatic rings. The van der Waals surface area contributed by atoms with E-state index < -0.39 is 0 Å². The van der Waals surface area contributed by atoms with Crippen molar-refractivity contribution in [2.45, 2.75) is 38.6 Å². The summed E-state index contributed by atoms with van der Waals surface area (Å²) in [5.74, 6) is 2.40. The van der Waals surface area contributed by atoms with Crippen molar-refractivity contribution in [2.24, 2.45) is 11.8 Å². The molecule has 3 heteroatoms. The van der Waals surface area contributed by atoms with Crippen molar-refractivity contribution in [3.8, 4) is 0 Å². The summed E-state index contributed by atoms with van der Waals surface area (Å²) in [7, 11) is 0. The van der Waals surface area contributed by atoms with Crippen LogP contribution in [-0.2, 0) is 0 Å². The highest BCUT2D eigenvalue weighted by atomic mass is 15.2. The number of rotatable bonds is 3. The molecule has 2 aromatic rings. The fraction of sp³-hybridized carbons (Fsp3) is 0.533. The van der Waals surface area contributed by atoms with Gasteiger partial charge >= 0.3 is 0 Å². The average molecular weight is 241 g/mol. The molecule has 1 heterocycles. The topological polar surface area (TPSA) is 43.8 Å². The Morgan fingerprint density at radius 3 is 2.50 bits per heavy atom. The van der Waals surface area contributed by atoms with E-state index in [0.29, 0.717) is 12.0 Å². The monoisotopic (exact) mass is 241 g/mol. The molecular formula is C15H19N3. The number of nitrogens with zero attached hydrogens (tertiary/aromatic N) is 2. The second kappa shape index (κ2) is 3.50. The maximum Gasteiger partial charge on any atom is 0.201 e. The Morgan fingerprint density at radius 1 is 1.22 bits per heavy atom. The molecule has 2 N–H and O–H groups in total. The van der Waals surface area contributed by atoms with Gasteiger partial charge in [0.25, 0.3) is 0 Å². The molecular weight excluding hydrogens is 222 g/mol. The molecule has 0 spiro atoms. The molecule has 0 unspecified atom stereocenters. The van der Waals surface area contributed by atoms with E-state index in [1.54, 1.807) is 0 Å². The second-order valence-electron chi connectivity index (χ2n) is 5.95. The molecule has 0 bridgehead atoms. The summed E-state index contributed by atoms with van der Waals surface area (Å²) < 4.78 is 2.33. The standard InChI is InChI=1S/C15H19N3/c1-9-3-2-4-12-13(9)17-15(16)18(12)14(10-5-6-10)11-7-8-11/h2-4,10-11,14H,5-8H2,1H3,(H2,16,17). The molecule has 0 saturated heterocycles. The minimum Gasteiger partial charge on any atom is -0.369 e. The third kappa shape index (κ3) is 1.46.